The molecule has 5 amide bonds. The minimum Gasteiger partial charge on any atom is -0.369 e. The fourth-order valence-corrected chi connectivity index (χ4v) is 13.8. The van der Waals surface area contributed by atoms with E-state index in [1.807, 2.05) is 145 Å². The van der Waals surface area contributed by atoms with E-state index in [1.54, 1.807) is 43.5 Å². The Morgan fingerprint density at radius 2 is 0.912 bits per heavy atom. The van der Waals surface area contributed by atoms with Crippen LogP contribution in [0.1, 0.15) is 146 Å². The van der Waals surface area contributed by atoms with Crippen LogP contribution in [0.4, 0.5) is 9.18 Å². The second kappa shape index (κ2) is 31.0. The van der Waals surface area contributed by atoms with Gasteiger partial charge in [-0.1, -0.05) is 114 Å². The number of halogens is 1. The van der Waals surface area contributed by atoms with Crippen LogP contribution in [-0.2, 0) is 36.0 Å². The van der Waals surface area contributed by atoms with Gasteiger partial charge in [0.1, 0.15) is 34.2 Å². The van der Waals surface area contributed by atoms with Crippen LogP contribution < -0.4 is 5.32 Å². The second-order valence-corrected chi connectivity index (χ2v) is 29.0. The summed E-state index contributed by atoms with van der Waals surface area (Å²) in [5.74, 6) is 25.1. The summed E-state index contributed by atoms with van der Waals surface area (Å²) in [6.07, 6.45) is 8.26. The standard InChI is InChI=1S/C22H25FN2O2.C20H20N4O2.C20H25N3O2.C19H17N3O2/c1-15-4-3-5-16(14-15)6-7-19-18-10-13-25(21(18)27-24-19)20(26)17-8-11-22(2,23)12-9-17;1-13-5-4-6-15(11-13)7-8-17-16-9-10-24(20(16)26-22-17)19(25)18-12-14(2)23(3)21-18;1-14-6-5-7-15(12-14)8-9-17-16-10-11-23(18(16)25-22-17)19(24)21-13-20(2,3)4;1-13-4-2-5-14(12-13)7-8-16-15-9-11-22(19(15)24-21-16)18(23)17-6-3-10-20-17/h3-5,14,17-18,21H,8-13H2,1-2H3;4-6,11-12,16,20H,9-10H2,1-3H3;5-7,12,16,18H,10-11,13H2,1-4H3,(H,21,24);2,4-6,10,12,15,19H,3,9,11H2,1H3. The quantitative estimate of drug-likeness (QED) is 0.169. The highest BCUT2D eigenvalue weighted by Crippen LogP contribution is 2.40. The molecule has 5 aromatic rings. The lowest BCUT2D eigenvalue weighted by atomic mass is 9.80. The van der Waals surface area contributed by atoms with Crippen LogP contribution in [0.2, 0.25) is 0 Å². The number of nitrogens with one attached hydrogen (secondary N) is 1. The number of amides is 5. The molecule has 8 atom stereocenters. The molecule has 4 saturated heterocycles. The Morgan fingerprint density at radius 3 is 1.28 bits per heavy atom. The van der Waals surface area contributed by atoms with Gasteiger partial charge in [0.15, 0.2) is 5.69 Å². The van der Waals surface area contributed by atoms with E-state index in [2.05, 4.69) is 104 Å². The first kappa shape index (κ1) is 71.1. The molecule has 0 bridgehead atoms. The van der Waals surface area contributed by atoms with Gasteiger partial charge in [0.05, 0.1) is 23.7 Å². The Morgan fingerprint density at radius 1 is 0.529 bits per heavy atom. The maximum absolute atomic E-state index is 14.0. The monoisotopic (exact) mass is 1370 g/mol. The minimum atomic E-state index is -1.13. The highest BCUT2D eigenvalue weighted by Gasteiger charge is 2.50. The summed E-state index contributed by atoms with van der Waals surface area (Å²) in [7, 11) is 1.83. The fraction of sp³-hybridized carbons (Fsp3) is 0.432. The van der Waals surface area contributed by atoms with Crippen molar-refractivity contribution < 1.29 is 42.9 Å². The van der Waals surface area contributed by atoms with Crippen LogP contribution in [0.3, 0.4) is 0 Å². The summed E-state index contributed by atoms with van der Waals surface area (Å²) >= 11 is 0. The number of carbonyl (C=O) groups excluding carboxylic acids is 4. The first-order valence-corrected chi connectivity index (χ1v) is 35.2. The first-order valence-electron chi connectivity index (χ1n) is 35.2. The largest absolute Gasteiger partial charge is 0.369 e. The summed E-state index contributed by atoms with van der Waals surface area (Å²) in [4.78, 5) is 83.8. The van der Waals surface area contributed by atoms with Crippen molar-refractivity contribution in [1.82, 2.24) is 34.7 Å². The third-order valence-corrected chi connectivity index (χ3v) is 19.6. The molecule has 5 fully saturated rings. The molecule has 21 heteroatoms. The van der Waals surface area contributed by atoms with Gasteiger partial charge in [0.25, 0.3) is 11.8 Å². The Kier molecular flexibility index (Phi) is 21.6. The van der Waals surface area contributed by atoms with E-state index in [9.17, 15) is 23.6 Å². The predicted octanol–water partition coefficient (Wildman–Crippen LogP) is 11.5. The summed E-state index contributed by atoms with van der Waals surface area (Å²) in [5.41, 5.74) is 12.2. The molecule has 9 aliphatic heterocycles. The summed E-state index contributed by atoms with van der Waals surface area (Å²) < 4.78 is 15.7. The highest BCUT2D eigenvalue weighted by atomic mass is 19.1. The minimum absolute atomic E-state index is 0.0288. The van der Waals surface area contributed by atoms with Crippen LogP contribution in [0.15, 0.2) is 141 Å². The first-order chi connectivity index (χ1) is 49.0. The number of allylic oxidation sites excluding steroid dienone is 1. The number of fused-ring (bicyclic) bond motifs is 4. The van der Waals surface area contributed by atoms with Gasteiger partial charge >= 0.3 is 6.03 Å². The molecule has 102 heavy (non-hydrogen) atoms. The van der Waals surface area contributed by atoms with Crippen LogP contribution in [-0.4, -0.2) is 145 Å². The topological polar surface area (TPSA) is 210 Å². The smallest absolute Gasteiger partial charge is 0.320 e. The van der Waals surface area contributed by atoms with Crippen LogP contribution in [0.25, 0.3) is 0 Å². The highest BCUT2D eigenvalue weighted by molar-refractivity contribution is 6.06. The number of nitrogens with zero attached hydrogens (tertiary/aromatic N) is 11. The molecule has 10 aliphatic rings. The summed E-state index contributed by atoms with van der Waals surface area (Å²) in [6, 6.07) is 33.9. The Bertz CT molecular complexity index is 4500. The lowest BCUT2D eigenvalue weighted by Crippen LogP contribution is -2.46. The van der Waals surface area contributed by atoms with E-state index in [-0.39, 0.29) is 83.7 Å². The van der Waals surface area contributed by atoms with Gasteiger partial charge in [-0.25, -0.2) is 9.18 Å². The number of urea groups is 1. The van der Waals surface area contributed by atoms with Crippen molar-refractivity contribution in [2.45, 2.75) is 151 Å². The van der Waals surface area contributed by atoms with Gasteiger partial charge in [-0.05, 0) is 205 Å². The van der Waals surface area contributed by atoms with Gasteiger partial charge in [-0.3, -0.25) is 38.8 Å². The number of alkyl halides is 1. The van der Waals surface area contributed by atoms with Crippen LogP contribution >= 0.6 is 0 Å². The van der Waals surface area contributed by atoms with Crippen molar-refractivity contribution in [3.63, 3.8) is 0 Å². The number of carbonyl (C=O) groups is 4. The lowest BCUT2D eigenvalue weighted by Gasteiger charge is -2.33. The van der Waals surface area contributed by atoms with Crippen molar-refractivity contribution >= 4 is 52.8 Å². The summed E-state index contributed by atoms with van der Waals surface area (Å²) in [5, 5.41) is 23.8. The van der Waals surface area contributed by atoms with Crippen molar-refractivity contribution in [3.05, 3.63) is 171 Å². The molecule has 526 valence electrons. The molecular formula is C81H87FN12O8. The number of aromatic nitrogens is 2. The normalized spacial score (nSPS) is 24.8. The zero-order chi connectivity index (χ0) is 71.8. The fourth-order valence-electron chi connectivity index (χ4n) is 13.8. The molecule has 1 N–H and O–H groups in total. The Labute approximate surface area is 596 Å². The van der Waals surface area contributed by atoms with E-state index < -0.39 is 5.67 Å². The predicted molar refractivity (Wildman–Crippen MR) is 389 cm³/mol. The molecule has 0 radical (unpaired) electrons. The molecule has 1 saturated carbocycles. The number of hydrogen-bond donors (Lipinski definition) is 1. The zero-order valence-electron chi connectivity index (χ0n) is 59.6. The second-order valence-electron chi connectivity index (χ2n) is 29.0. The number of likely N-dealkylation sites (tertiary alicyclic amines) is 4. The molecule has 1 aliphatic carbocycles. The third-order valence-electron chi connectivity index (χ3n) is 19.6. The molecule has 20 nitrogen and oxygen atoms in total. The van der Waals surface area contributed by atoms with Gasteiger partial charge in [-0.2, -0.15) is 5.10 Å². The molecule has 4 aromatic carbocycles. The third kappa shape index (κ3) is 17.0. The van der Waals surface area contributed by atoms with E-state index in [0.29, 0.717) is 81.9 Å². The average Bonchev–Trinajstić information content (AvgIpc) is 1.65. The van der Waals surface area contributed by atoms with Crippen LogP contribution in [0.5, 0.6) is 0 Å². The van der Waals surface area contributed by atoms with Crippen molar-refractivity contribution in [2.24, 2.45) is 67.7 Å². The number of aryl methyl sites for hydroxylation is 6. The van der Waals surface area contributed by atoms with Crippen molar-refractivity contribution in [3.8, 4) is 47.4 Å². The Balaban J connectivity index is 0.000000129. The van der Waals surface area contributed by atoms with E-state index in [1.165, 1.54) is 22.3 Å². The Hall–Kier alpha value is -10.8. The number of rotatable bonds is 4. The summed E-state index contributed by atoms with van der Waals surface area (Å²) in [6.45, 7) is 21.2. The molecule has 10 heterocycles. The molecular weight excluding hydrogens is 1290 g/mol. The average molecular weight is 1380 g/mol. The SMILES string of the molecule is Cc1cccc(C#CC2=NOC3C2CCN3C(=O)C2=CCC=N2)c1.Cc1cccc(C#CC2=NOC3C2CCN3C(=O)C2CCC(C)(F)CC2)c1.Cc1cccc(C#CC2=NOC3C2CCN3C(=O)NCC(C)(C)C)c1.Cc1cccc(C#CC2=NOC3C2CCN3C(=O)c2cc(C)n(C)n2)c1. The van der Waals surface area contributed by atoms with E-state index in [4.69, 9.17) is 19.4 Å². The molecule has 1 aromatic heterocycles. The lowest BCUT2D eigenvalue weighted by molar-refractivity contribution is -0.148. The van der Waals surface area contributed by atoms with Crippen LogP contribution in [0, 0.1) is 117 Å². The maximum Gasteiger partial charge on any atom is 0.320 e. The van der Waals surface area contributed by atoms with Crippen molar-refractivity contribution in [1.29, 1.82) is 0 Å². The van der Waals surface area contributed by atoms with Gasteiger partial charge in [-0.15, -0.1) is 0 Å². The molecule has 0 spiro atoms. The molecule has 8 unspecified atom stereocenters. The number of benzene rings is 4. The number of oxime groups is 4. The van der Waals surface area contributed by atoms with Crippen molar-refractivity contribution in [2.75, 3.05) is 32.7 Å². The van der Waals surface area contributed by atoms with Gasteiger partial charge in [0.2, 0.25) is 30.8 Å². The van der Waals surface area contributed by atoms with Gasteiger partial charge < -0.3 is 29.6 Å². The zero-order valence-corrected chi connectivity index (χ0v) is 59.6. The van der Waals surface area contributed by atoms with E-state index in [0.717, 1.165) is 70.8 Å². The molecule has 15 rings (SSSR count). The number of hydrogen-bond acceptors (Lipinski definition) is 14. The van der Waals surface area contributed by atoms with E-state index >= 15 is 0 Å². The maximum atomic E-state index is 14.0. The van der Waals surface area contributed by atoms with Gasteiger partial charge in [0, 0.05) is 86.3 Å². The number of aliphatic imine (C=N–C) groups is 1.